The molecule has 1 aliphatic carbocycles. The predicted molar refractivity (Wildman–Crippen MR) is 75.6 cm³/mol. The SMILES string of the molecule is CC1CCCC1Nc1ccccc1C(C)(C)C. The molecular formula is C16H25N. The number of anilines is 1. The van der Waals surface area contributed by atoms with Crippen LogP contribution in [0.1, 0.15) is 52.5 Å². The van der Waals surface area contributed by atoms with Crippen LogP contribution in [-0.2, 0) is 5.41 Å². The van der Waals surface area contributed by atoms with Gasteiger partial charge in [0.2, 0.25) is 0 Å². The molecule has 0 spiro atoms. The van der Waals surface area contributed by atoms with Gasteiger partial charge in [-0.25, -0.2) is 0 Å². The minimum Gasteiger partial charge on any atom is -0.382 e. The molecule has 1 fully saturated rings. The van der Waals surface area contributed by atoms with E-state index in [4.69, 9.17) is 0 Å². The van der Waals surface area contributed by atoms with Crippen LogP contribution < -0.4 is 5.32 Å². The summed E-state index contributed by atoms with van der Waals surface area (Å²) in [5.74, 6) is 0.808. The van der Waals surface area contributed by atoms with Crippen molar-refractivity contribution in [1.29, 1.82) is 0 Å². The Labute approximate surface area is 106 Å². The topological polar surface area (TPSA) is 12.0 Å². The molecule has 0 saturated heterocycles. The molecule has 2 atom stereocenters. The second-order valence-electron chi connectivity index (χ2n) is 6.45. The molecular weight excluding hydrogens is 206 g/mol. The summed E-state index contributed by atoms with van der Waals surface area (Å²) < 4.78 is 0. The van der Waals surface area contributed by atoms with Crippen molar-refractivity contribution in [1.82, 2.24) is 0 Å². The van der Waals surface area contributed by atoms with Crippen molar-refractivity contribution in [3.63, 3.8) is 0 Å². The highest BCUT2D eigenvalue weighted by Gasteiger charge is 2.25. The van der Waals surface area contributed by atoms with Gasteiger partial charge in [-0.3, -0.25) is 0 Å². The number of nitrogens with one attached hydrogen (secondary N) is 1. The average Bonchev–Trinajstić information content (AvgIpc) is 2.64. The van der Waals surface area contributed by atoms with Gasteiger partial charge in [0.1, 0.15) is 0 Å². The molecule has 1 nitrogen and oxygen atoms in total. The Morgan fingerprint density at radius 2 is 1.82 bits per heavy atom. The molecule has 0 amide bonds. The average molecular weight is 231 g/mol. The standard InChI is InChI=1S/C16H25N/c1-12-8-7-11-14(12)17-15-10-6-5-9-13(15)16(2,3)4/h5-6,9-10,12,14,17H,7-8,11H2,1-4H3. The summed E-state index contributed by atoms with van der Waals surface area (Å²) in [5.41, 5.74) is 2.98. The molecule has 0 aromatic heterocycles. The van der Waals surface area contributed by atoms with Crippen LogP contribution in [0.2, 0.25) is 0 Å². The Hall–Kier alpha value is -0.980. The molecule has 2 unspecified atom stereocenters. The first-order valence-electron chi connectivity index (χ1n) is 6.84. The van der Waals surface area contributed by atoms with E-state index >= 15 is 0 Å². The van der Waals surface area contributed by atoms with E-state index in [1.165, 1.54) is 30.5 Å². The van der Waals surface area contributed by atoms with Crippen LogP contribution in [-0.4, -0.2) is 6.04 Å². The number of hydrogen-bond donors (Lipinski definition) is 1. The van der Waals surface area contributed by atoms with E-state index in [-0.39, 0.29) is 5.41 Å². The van der Waals surface area contributed by atoms with E-state index in [1.54, 1.807) is 0 Å². The summed E-state index contributed by atoms with van der Waals surface area (Å²) in [6.45, 7) is 9.22. The van der Waals surface area contributed by atoms with Gasteiger partial charge in [0.05, 0.1) is 0 Å². The summed E-state index contributed by atoms with van der Waals surface area (Å²) in [6, 6.07) is 9.42. The van der Waals surface area contributed by atoms with Crippen LogP contribution in [0, 0.1) is 5.92 Å². The molecule has 1 aromatic carbocycles. The van der Waals surface area contributed by atoms with Crippen molar-refractivity contribution >= 4 is 5.69 Å². The monoisotopic (exact) mass is 231 g/mol. The number of hydrogen-bond acceptors (Lipinski definition) is 1. The molecule has 0 heterocycles. The van der Waals surface area contributed by atoms with E-state index in [1.807, 2.05) is 0 Å². The summed E-state index contributed by atoms with van der Waals surface area (Å²) >= 11 is 0. The Kier molecular flexibility index (Phi) is 3.46. The Morgan fingerprint density at radius 3 is 2.41 bits per heavy atom. The number of rotatable bonds is 2. The fourth-order valence-electron chi connectivity index (χ4n) is 2.82. The lowest BCUT2D eigenvalue weighted by Gasteiger charge is -2.27. The van der Waals surface area contributed by atoms with Gasteiger partial charge in [-0.15, -0.1) is 0 Å². The third-order valence-electron chi connectivity index (χ3n) is 3.94. The van der Waals surface area contributed by atoms with Crippen molar-refractivity contribution in [2.24, 2.45) is 5.92 Å². The lowest BCUT2D eigenvalue weighted by atomic mass is 9.85. The highest BCUT2D eigenvalue weighted by molar-refractivity contribution is 5.54. The van der Waals surface area contributed by atoms with Gasteiger partial charge < -0.3 is 5.32 Å². The minimum absolute atomic E-state index is 0.214. The van der Waals surface area contributed by atoms with Gasteiger partial charge in [-0.2, -0.15) is 0 Å². The van der Waals surface area contributed by atoms with Crippen LogP contribution in [0.15, 0.2) is 24.3 Å². The molecule has 0 bridgehead atoms. The Bertz CT molecular complexity index is 375. The Morgan fingerprint density at radius 1 is 1.12 bits per heavy atom. The highest BCUT2D eigenvalue weighted by atomic mass is 14.9. The van der Waals surface area contributed by atoms with Crippen molar-refractivity contribution in [2.75, 3.05) is 5.32 Å². The first kappa shape index (κ1) is 12.5. The minimum atomic E-state index is 0.214. The van der Waals surface area contributed by atoms with Crippen LogP contribution in [0.5, 0.6) is 0 Å². The molecule has 1 N–H and O–H groups in total. The van der Waals surface area contributed by atoms with Crippen LogP contribution >= 0.6 is 0 Å². The Balaban J connectivity index is 2.21. The quantitative estimate of drug-likeness (QED) is 0.785. The molecule has 17 heavy (non-hydrogen) atoms. The maximum atomic E-state index is 3.77. The van der Waals surface area contributed by atoms with E-state index in [0.29, 0.717) is 6.04 Å². The van der Waals surface area contributed by atoms with E-state index in [9.17, 15) is 0 Å². The van der Waals surface area contributed by atoms with Crippen LogP contribution in [0.25, 0.3) is 0 Å². The first-order chi connectivity index (χ1) is 7.98. The molecule has 94 valence electrons. The maximum Gasteiger partial charge on any atom is 0.0380 e. The van der Waals surface area contributed by atoms with Crippen molar-refractivity contribution in [3.05, 3.63) is 29.8 Å². The molecule has 2 rings (SSSR count). The second-order valence-corrected chi connectivity index (χ2v) is 6.45. The third kappa shape index (κ3) is 2.83. The molecule has 1 heteroatoms. The van der Waals surface area contributed by atoms with Crippen LogP contribution in [0.3, 0.4) is 0 Å². The highest BCUT2D eigenvalue weighted by Crippen LogP contribution is 2.33. The lowest BCUT2D eigenvalue weighted by Crippen LogP contribution is -2.24. The molecule has 1 aromatic rings. The summed E-state index contributed by atoms with van der Waals surface area (Å²) in [4.78, 5) is 0. The number of benzene rings is 1. The van der Waals surface area contributed by atoms with Gasteiger partial charge in [0.15, 0.2) is 0 Å². The van der Waals surface area contributed by atoms with Gasteiger partial charge in [0.25, 0.3) is 0 Å². The predicted octanol–water partition coefficient (Wildman–Crippen LogP) is 4.58. The fraction of sp³-hybridized carbons (Fsp3) is 0.625. The normalized spacial score (nSPS) is 24.9. The van der Waals surface area contributed by atoms with E-state index in [0.717, 1.165) is 5.92 Å². The summed E-state index contributed by atoms with van der Waals surface area (Å²) in [6.07, 6.45) is 4.06. The maximum absolute atomic E-state index is 3.77. The molecule has 1 saturated carbocycles. The zero-order valence-electron chi connectivity index (χ0n) is 11.6. The molecule has 0 aliphatic heterocycles. The first-order valence-corrected chi connectivity index (χ1v) is 6.84. The zero-order valence-corrected chi connectivity index (χ0v) is 11.6. The zero-order chi connectivity index (χ0) is 12.5. The van der Waals surface area contributed by atoms with Gasteiger partial charge >= 0.3 is 0 Å². The van der Waals surface area contributed by atoms with Crippen molar-refractivity contribution in [2.45, 2.75) is 58.4 Å². The summed E-state index contributed by atoms with van der Waals surface area (Å²) in [5, 5.41) is 3.77. The van der Waals surface area contributed by atoms with Gasteiger partial charge in [-0.1, -0.05) is 52.3 Å². The summed E-state index contributed by atoms with van der Waals surface area (Å²) in [7, 11) is 0. The lowest BCUT2D eigenvalue weighted by molar-refractivity contribution is 0.550. The molecule has 0 radical (unpaired) electrons. The smallest absolute Gasteiger partial charge is 0.0380 e. The third-order valence-corrected chi connectivity index (χ3v) is 3.94. The van der Waals surface area contributed by atoms with Crippen molar-refractivity contribution < 1.29 is 0 Å². The van der Waals surface area contributed by atoms with Gasteiger partial charge in [0, 0.05) is 11.7 Å². The van der Waals surface area contributed by atoms with Crippen molar-refractivity contribution in [3.8, 4) is 0 Å². The van der Waals surface area contributed by atoms with Crippen LogP contribution in [0.4, 0.5) is 5.69 Å². The second kappa shape index (κ2) is 4.72. The van der Waals surface area contributed by atoms with Gasteiger partial charge in [-0.05, 0) is 35.8 Å². The number of para-hydroxylation sites is 1. The fourth-order valence-corrected chi connectivity index (χ4v) is 2.82. The van der Waals surface area contributed by atoms with E-state index < -0.39 is 0 Å². The molecule has 1 aliphatic rings. The largest absolute Gasteiger partial charge is 0.382 e. The van der Waals surface area contributed by atoms with E-state index in [2.05, 4.69) is 57.3 Å².